The van der Waals surface area contributed by atoms with Crippen molar-refractivity contribution in [3.8, 4) is 5.75 Å². The molecule has 92 valence electrons. The van der Waals surface area contributed by atoms with Gasteiger partial charge in [0.25, 0.3) is 5.69 Å². The van der Waals surface area contributed by atoms with Crippen molar-refractivity contribution in [1.29, 1.82) is 0 Å². The zero-order valence-electron chi connectivity index (χ0n) is 9.39. The summed E-state index contributed by atoms with van der Waals surface area (Å²) in [5, 5.41) is 10.8. The summed E-state index contributed by atoms with van der Waals surface area (Å²) in [5.41, 5.74) is 0.498. The zero-order valence-corrected chi connectivity index (χ0v) is 10.2. The Morgan fingerprint density at radius 2 is 2.24 bits per heavy atom. The second kappa shape index (κ2) is 6.91. The van der Waals surface area contributed by atoms with Gasteiger partial charge < -0.3 is 4.74 Å². The molecule has 0 unspecified atom stereocenters. The van der Waals surface area contributed by atoms with E-state index in [1.807, 2.05) is 0 Å². The van der Waals surface area contributed by atoms with Crippen LogP contribution in [0, 0.1) is 10.1 Å². The molecule has 5 heteroatoms. The summed E-state index contributed by atoms with van der Waals surface area (Å²) in [6.45, 7) is 4.04. The summed E-state index contributed by atoms with van der Waals surface area (Å²) in [5.74, 6) is 1.09. The van der Waals surface area contributed by atoms with E-state index in [1.165, 1.54) is 12.1 Å². The SMILES string of the molecule is C=Cc1ccc(OCCCCCl)cc1[N+](=O)[O-]. The third-order valence-corrected chi connectivity index (χ3v) is 2.48. The summed E-state index contributed by atoms with van der Waals surface area (Å²) >= 11 is 5.53. The molecule has 0 N–H and O–H groups in total. The minimum atomic E-state index is -0.442. The van der Waals surface area contributed by atoms with E-state index in [0.717, 1.165) is 12.8 Å². The number of hydrogen-bond acceptors (Lipinski definition) is 3. The van der Waals surface area contributed by atoms with Gasteiger partial charge in [-0.15, -0.1) is 11.6 Å². The highest BCUT2D eigenvalue weighted by atomic mass is 35.5. The predicted octanol–water partition coefficient (Wildman–Crippen LogP) is 3.64. The van der Waals surface area contributed by atoms with Crippen LogP contribution in [0.1, 0.15) is 18.4 Å². The van der Waals surface area contributed by atoms with Crippen molar-refractivity contribution >= 4 is 23.4 Å². The molecular weight excluding hydrogens is 242 g/mol. The second-order valence-corrected chi connectivity index (χ2v) is 3.80. The minimum absolute atomic E-state index is 0.00911. The molecule has 0 saturated heterocycles. The molecule has 0 heterocycles. The van der Waals surface area contributed by atoms with Gasteiger partial charge in [0.15, 0.2) is 0 Å². The average Bonchev–Trinajstić information content (AvgIpc) is 2.34. The van der Waals surface area contributed by atoms with Crippen LogP contribution in [0.2, 0.25) is 0 Å². The third kappa shape index (κ3) is 4.07. The van der Waals surface area contributed by atoms with E-state index in [2.05, 4.69) is 6.58 Å². The van der Waals surface area contributed by atoms with Gasteiger partial charge in [0.05, 0.1) is 23.2 Å². The van der Waals surface area contributed by atoms with Gasteiger partial charge >= 0.3 is 0 Å². The second-order valence-electron chi connectivity index (χ2n) is 3.43. The lowest BCUT2D eigenvalue weighted by atomic mass is 10.1. The Morgan fingerprint density at radius 1 is 1.47 bits per heavy atom. The van der Waals surface area contributed by atoms with Crippen LogP contribution < -0.4 is 4.74 Å². The molecule has 17 heavy (non-hydrogen) atoms. The summed E-state index contributed by atoms with van der Waals surface area (Å²) in [6.07, 6.45) is 3.16. The molecule has 0 spiro atoms. The molecule has 1 aromatic rings. The highest BCUT2D eigenvalue weighted by molar-refractivity contribution is 6.17. The number of nitro benzene ring substituents is 1. The van der Waals surface area contributed by atoms with Crippen molar-refractivity contribution in [2.24, 2.45) is 0 Å². The fourth-order valence-corrected chi connectivity index (χ4v) is 1.52. The van der Waals surface area contributed by atoms with Gasteiger partial charge in [0.1, 0.15) is 5.75 Å². The lowest BCUT2D eigenvalue weighted by Crippen LogP contribution is -1.99. The maximum Gasteiger partial charge on any atom is 0.280 e. The first-order chi connectivity index (χ1) is 8.19. The van der Waals surface area contributed by atoms with E-state index in [9.17, 15) is 10.1 Å². The molecule has 0 amide bonds. The first kappa shape index (κ1) is 13.5. The molecule has 0 aromatic heterocycles. The number of rotatable bonds is 7. The number of hydrogen-bond donors (Lipinski definition) is 0. The number of alkyl halides is 1. The fraction of sp³-hybridized carbons (Fsp3) is 0.333. The van der Waals surface area contributed by atoms with E-state index in [-0.39, 0.29) is 5.69 Å². The van der Waals surface area contributed by atoms with Crippen LogP contribution in [-0.4, -0.2) is 17.4 Å². The molecular formula is C12H14ClNO3. The normalized spacial score (nSPS) is 9.94. The molecule has 0 aliphatic carbocycles. The number of nitrogens with zero attached hydrogens (tertiary/aromatic N) is 1. The van der Waals surface area contributed by atoms with Crippen molar-refractivity contribution < 1.29 is 9.66 Å². The van der Waals surface area contributed by atoms with E-state index in [0.29, 0.717) is 23.8 Å². The molecule has 4 nitrogen and oxygen atoms in total. The van der Waals surface area contributed by atoms with Gasteiger partial charge in [-0.05, 0) is 25.0 Å². The van der Waals surface area contributed by atoms with E-state index in [1.54, 1.807) is 12.1 Å². The van der Waals surface area contributed by atoms with Crippen molar-refractivity contribution in [3.63, 3.8) is 0 Å². The molecule has 1 rings (SSSR count). The highest BCUT2D eigenvalue weighted by Crippen LogP contribution is 2.25. The third-order valence-electron chi connectivity index (χ3n) is 2.22. The van der Waals surface area contributed by atoms with Crippen LogP contribution in [0.4, 0.5) is 5.69 Å². The number of benzene rings is 1. The van der Waals surface area contributed by atoms with Gasteiger partial charge in [-0.3, -0.25) is 10.1 Å². The Bertz CT molecular complexity index is 407. The molecule has 1 aromatic carbocycles. The Labute approximate surface area is 105 Å². The molecule has 0 aliphatic rings. The van der Waals surface area contributed by atoms with E-state index in [4.69, 9.17) is 16.3 Å². The van der Waals surface area contributed by atoms with Crippen molar-refractivity contribution in [2.45, 2.75) is 12.8 Å². The molecule has 0 atom stereocenters. The summed E-state index contributed by atoms with van der Waals surface area (Å²) in [4.78, 5) is 10.4. The van der Waals surface area contributed by atoms with E-state index < -0.39 is 4.92 Å². The Kier molecular flexibility index (Phi) is 5.49. The summed E-state index contributed by atoms with van der Waals surface area (Å²) in [6, 6.07) is 4.74. The smallest absolute Gasteiger partial charge is 0.280 e. The van der Waals surface area contributed by atoms with Crippen molar-refractivity contribution in [2.75, 3.05) is 12.5 Å². The van der Waals surface area contributed by atoms with Crippen molar-refractivity contribution in [1.82, 2.24) is 0 Å². The topological polar surface area (TPSA) is 52.4 Å². The zero-order chi connectivity index (χ0) is 12.7. The first-order valence-electron chi connectivity index (χ1n) is 5.28. The number of unbranched alkanes of at least 4 members (excludes halogenated alkanes) is 1. The number of nitro groups is 1. The molecule has 0 fully saturated rings. The van der Waals surface area contributed by atoms with Crippen LogP contribution in [0.5, 0.6) is 5.75 Å². The fourth-order valence-electron chi connectivity index (χ4n) is 1.33. The van der Waals surface area contributed by atoms with Crippen LogP contribution in [0.3, 0.4) is 0 Å². The quantitative estimate of drug-likeness (QED) is 0.323. The van der Waals surface area contributed by atoms with Crippen LogP contribution in [0.15, 0.2) is 24.8 Å². The van der Waals surface area contributed by atoms with Gasteiger partial charge in [0.2, 0.25) is 0 Å². The molecule has 0 aliphatic heterocycles. The summed E-state index contributed by atoms with van der Waals surface area (Å²) < 4.78 is 5.40. The largest absolute Gasteiger partial charge is 0.493 e. The summed E-state index contributed by atoms with van der Waals surface area (Å²) in [7, 11) is 0. The standard InChI is InChI=1S/C12H14ClNO3/c1-2-10-5-6-11(9-12(10)14(15)16)17-8-4-3-7-13/h2,5-6,9H,1,3-4,7-8H2. The lowest BCUT2D eigenvalue weighted by Gasteiger charge is -2.06. The predicted molar refractivity (Wildman–Crippen MR) is 68.6 cm³/mol. The van der Waals surface area contributed by atoms with Crippen molar-refractivity contribution in [3.05, 3.63) is 40.5 Å². The average molecular weight is 256 g/mol. The Hall–Kier alpha value is -1.55. The van der Waals surface area contributed by atoms with Gasteiger partial charge in [0, 0.05) is 5.88 Å². The maximum absolute atomic E-state index is 10.8. The number of ether oxygens (including phenoxy) is 1. The van der Waals surface area contributed by atoms with Crippen LogP contribution in [0.25, 0.3) is 6.08 Å². The molecule has 0 radical (unpaired) electrons. The highest BCUT2D eigenvalue weighted by Gasteiger charge is 2.12. The first-order valence-corrected chi connectivity index (χ1v) is 5.82. The lowest BCUT2D eigenvalue weighted by molar-refractivity contribution is -0.385. The van der Waals surface area contributed by atoms with Crippen LogP contribution >= 0.6 is 11.6 Å². The molecule has 0 saturated carbocycles. The number of halogens is 1. The van der Waals surface area contributed by atoms with Crippen LogP contribution in [-0.2, 0) is 0 Å². The minimum Gasteiger partial charge on any atom is -0.493 e. The van der Waals surface area contributed by atoms with Gasteiger partial charge in [-0.2, -0.15) is 0 Å². The van der Waals surface area contributed by atoms with Gasteiger partial charge in [-0.25, -0.2) is 0 Å². The monoisotopic (exact) mass is 255 g/mol. The Morgan fingerprint density at radius 3 is 2.82 bits per heavy atom. The van der Waals surface area contributed by atoms with E-state index >= 15 is 0 Å². The maximum atomic E-state index is 10.8. The van der Waals surface area contributed by atoms with Gasteiger partial charge in [-0.1, -0.05) is 12.7 Å². The molecule has 0 bridgehead atoms. The Balaban J connectivity index is 2.71.